The highest BCUT2D eigenvalue weighted by Gasteiger charge is 2.26. The molecule has 1 N–H and O–H groups in total. The van der Waals surface area contributed by atoms with E-state index >= 15 is 0 Å². The smallest absolute Gasteiger partial charge is 0.00668 e. The summed E-state index contributed by atoms with van der Waals surface area (Å²) in [5, 5.41) is 3.42. The molecular formula is C12H23N. The largest absolute Gasteiger partial charge is 0.317 e. The van der Waals surface area contributed by atoms with E-state index in [0.29, 0.717) is 0 Å². The highest BCUT2D eigenvalue weighted by Crippen LogP contribution is 2.36. The summed E-state index contributed by atoms with van der Waals surface area (Å²) in [4.78, 5) is 0. The lowest BCUT2D eigenvalue weighted by molar-refractivity contribution is 0.375. The zero-order valence-electron chi connectivity index (χ0n) is 8.89. The van der Waals surface area contributed by atoms with Gasteiger partial charge in [0.2, 0.25) is 0 Å². The van der Waals surface area contributed by atoms with Crippen LogP contribution in [-0.4, -0.2) is 13.1 Å². The fourth-order valence-electron chi connectivity index (χ4n) is 3.27. The number of nitrogens with one attached hydrogen (secondary N) is 1. The van der Waals surface area contributed by atoms with Gasteiger partial charge in [-0.25, -0.2) is 0 Å². The van der Waals surface area contributed by atoms with E-state index in [4.69, 9.17) is 0 Å². The van der Waals surface area contributed by atoms with Gasteiger partial charge in [-0.15, -0.1) is 0 Å². The maximum Gasteiger partial charge on any atom is 0.00668 e. The monoisotopic (exact) mass is 181 g/mol. The fraction of sp³-hybridized carbons (Fsp3) is 1.00. The summed E-state index contributed by atoms with van der Waals surface area (Å²) in [6.45, 7) is 0. The molecule has 0 saturated heterocycles. The van der Waals surface area contributed by atoms with Gasteiger partial charge in [0, 0.05) is 6.04 Å². The number of hydrogen-bond donors (Lipinski definition) is 1. The Balaban J connectivity index is 1.70. The third-order valence-corrected chi connectivity index (χ3v) is 4.09. The van der Waals surface area contributed by atoms with Crippen LogP contribution in [0.5, 0.6) is 0 Å². The van der Waals surface area contributed by atoms with Gasteiger partial charge in [-0.3, -0.25) is 0 Å². The maximum absolute atomic E-state index is 3.42. The van der Waals surface area contributed by atoms with Crippen molar-refractivity contribution in [1.29, 1.82) is 0 Å². The van der Waals surface area contributed by atoms with Crippen molar-refractivity contribution in [2.24, 2.45) is 11.8 Å². The van der Waals surface area contributed by atoms with Gasteiger partial charge in [-0.05, 0) is 44.6 Å². The molecule has 2 aliphatic rings. The molecular weight excluding hydrogens is 158 g/mol. The van der Waals surface area contributed by atoms with Crippen LogP contribution in [0, 0.1) is 11.8 Å². The van der Waals surface area contributed by atoms with Crippen LogP contribution in [-0.2, 0) is 0 Å². The van der Waals surface area contributed by atoms with Gasteiger partial charge in [-0.1, -0.05) is 25.7 Å². The van der Waals surface area contributed by atoms with Gasteiger partial charge in [-0.2, -0.15) is 0 Å². The predicted molar refractivity (Wildman–Crippen MR) is 56.8 cm³/mol. The number of rotatable bonds is 3. The Bertz CT molecular complexity index is 149. The summed E-state index contributed by atoms with van der Waals surface area (Å²) in [7, 11) is 2.11. The molecule has 2 fully saturated rings. The third kappa shape index (κ3) is 2.46. The summed E-state index contributed by atoms with van der Waals surface area (Å²) in [5.74, 6) is 2.15. The lowest BCUT2D eigenvalue weighted by Crippen LogP contribution is -2.21. The Morgan fingerprint density at radius 3 is 2.38 bits per heavy atom. The van der Waals surface area contributed by atoms with E-state index in [1.807, 2.05) is 0 Å². The zero-order chi connectivity index (χ0) is 9.10. The van der Waals surface area contributed by atoms with Gasteiger partial charge < -0.3 is 5.32 Å². The van der Waals surface area contributed by atoms with E-state index in [1.54, 1.807) is 0 Å². The van der Waals surface area contributed by atoms with Crippen LogP contribution in [0.4, 0.5) is 0 Å². The summed E-state index contributed by atoms with van der Waals surface area (Å²) in [5.41, 5.74) is 0. The lowest BCUT2D eigenvalue weighted by atomic mass is 9.92. The average Bonchev–Trinajstić information content (AvgIpc) is 2.76. The van der Waals surface area contributed by atoms with E-state index in [-0.39, 0.29) is 0 Å². The van der Waals surface area contributed by atoms with Crippen LogP contribution < -0.4 is 5.32 Å². The van der Waals surface area contributed by atoms with Crippen molar-refractivity contribution in [2.75, 3.05) is 7.05 Å². The first kappa shape index (κ1) is 9.51. The lowest BCUT2D eigenvalue weighted by Gasteiger charge is -2.15. The topological polar surface area (TPSA) is 12.0 Å². The summed E-state index contributed by atoms with van der Waals surface area (Å²) in [6.07, 6.45) is 12.0. The quantitative estimate of drug-likeness (QED) is 0.706. The molecule has 0 amide bonds. The summed E-state index contributed by atoms with van der Waals surface area (Å²) >= 11 is 0. The number of hydrogen-bond acceptors (Lipinski definition) is 1. The first-order valence-electron chi connectivity index (χ1n) is 6.05. The Labute approximate surface area is 82.3 Å². The van der Waals surface area contributed by atoms with E-state index in [1.165, 1.54) is 51.4 Å². The van der Waals surface area contributed by atoms with Crippen molar-refractivity contribution in [1.82, 2.24) is 5.32 Å². The van der Waals surface area contributed by atoms with Crippen molar-refractivity contribution in [3.63, 3.8) is 0 Å². The maximum atomic E-state index is 3.42. The molecule has 2 aliphatic carbocycles. The van der Waals surface area contributed by atoms with Crippen molar-refractivity contribution >= 4 is 0 Å². The second-order valence-corrected chi connectivity index (χ2v) is 5.05. The van der Waals surface area contributed by atoms with Crippen LogP contribution in [0.25, 0.3) is 0 Å². The molecule has 1 nitrogen and oxygen atoms in total. The Morgan fingerprint density at radius 2 is 1.77 bits per heavy atom. The van der Waals surface area contributed by atoms with Crippen LogP contribution >= 0.6 is 0 Å². The Hall–Kier alpha value is -0.0400. The molecule has 2 saturated carbocycles. The first-order chi connectivity index (χ1) is 6.38. The van der Waals surface area contributed by atoms with E-state index < -0.39 is 0 Å². The minimum Gasteiger partial charge on any atom is -0.317 e. The van der Waals surface area contributed by atoms with Gasteiger partial charge in [0.05, 0.1) is 0 Å². The van der Waals surface area contributed by atoms with Crippen molar-refractivity contribution in [2.45, 2.75) is 57.4 Å². The minimum absolute atomic E-state index is 0.839. The Morgan fingerprint density at radius 1 is 1.00 bits per heavy atom. The second-order valence-electron chi connectivity index (χ2n) is 5.05. The normalized spacial score (nSPS) is 35.8. The van der Waals surface area contributed by atoms with Crippen LogP contribution in [0.2, 0.25) is 0 Å². The molecule has 0 heterocycles. The second kappa shape index (κ2) is 4.45. The molecule has 2 unspecified atom stereocenters. The molecule has 1 heteroatoms. The van der Waals surface area contributed by atoms with Gasteiger partial charge in [0.25, 0.3) is 0 Å². The molecule has 0 aliphatic heterocycles. The molecule has 0 spiro atoms. The fourth-order valence-corrected chi connectivity index (χ4v) is 3.27. The zero-order valence-corrected chi connectivity index (χ0v) is 8.89. The van der Waals surface area contributed by atoms with Gasteiger partial charge in [0.1, 0.15) is 0 Å². The molecule has 0 aromatic heterocycles. The minimum atomic E-state index is 0.839. The standard InChI is InChI=1S/C12H23N/c1-13-12-7-6-11(9-12)8-10-4-2-3-5-10/h10-13H,2-9H2,1H3. The third-order valence-electron chi connectivity index (χ3n) is 4.09. The van der Waals surface area contributed by atoms with Crippen LogP contribution in [0.3, 0.4) is 0 Å². The van der Waals surface area contributed by atoms with Crippen molar-refractivity contribution < 1.29 is 0 Å². The molecule has 76 valence electrons. The SMILES string of the molecule is CNC1CCC(CC2CCCC2)C1. The molecule has 0 bridgehead atoms. The van der Waals surface area contributed by atoms with E-state index in [9.17, 15) is 0 Å². The average molecular weight is 181 g/mol. The molecule has 2 atom stereocenters. The van der Waals surface area contributed by atoms with Gasteiger partial charge >= 0.3 is 0 Å². The molecule has 0 aromatic carbocycles. The van der Waals surface area contributed by atoms with Crippen molar-refractivity contribution in [3.8, 4) is 0 Å². The van der Waals surface area contributed by atoms with E-state index in [2.05, 4.69) is 12.4 Å². The summed E-state index contributed by atoms with van der Waals surface area (Å²) in [6, 6.07) is 0.839. The van der Waals surface area contributed by atoms with Crippen LogP contribution in [0.15, 0.2) is 0 Å². The predicted octanol–water partition coefficient (Wildman–Crippen LogP) is 2.95. The molecule has 0 aromatic rings. The molecule has 13 heavy (non-hydrogen) atoms. The van der Waals surface area contributed by atoms with Gasteiger partial charge in [0.15, 0.2) is 0 Å². The Kier molecular flexibility index (Phi) is 3.26. The first-order valence-corrected chi connectivity index (χ1v) is 6.05. The summed E-state index contributed by atoms with van der Waals surface area (Å²) < 4.78 is 0. The van der Waals surface area contributed by atoms with Crippen molar-refractivity contribution in [3.05, 3.63) is 0 Å². The highest BCUT2D eigenvalue weighted by atomic mass is 14.9. The highest BCUT2D eigenvalue weighted by molar-refractivity contribution is 4.82. The van der Waals surface area contributed by atoms with E-state index in [0.717, 1.165) is 17.9 Å². The van der Waals surface area contributed by atoms with Crippen LogP contribution in [0.1, 0.15) is 51.4 Å². The molecule has 0 radical (unpaired) electrons. The molecule has 2 rings (SSSR count).